The fourth-order valence-corrected chi connectivity index (χ4v) is 8.62. The molecule has 8 rings (SSSR count). The molecular weight excluding hydrogens is 746 g/mol. The van der Waals surface area contributed by atoms with Gasteiger partial charge in [0.2, 0.25) is 0 Å². The highest BCUT2D eigenvalue weighted by atomic mass is 19.4. The molecule has 0 radical (unpaired) electrons. The lowest BCUT2D eigenvalue weighted by Gasteiger charge is -2.42. The second-order valence-electron chi connectivity index (χ2n) is 16.1. The van der Waals surface area contributed by atoms with Gasteiger partial charge in [0.25, 0.3) is 0 Å². The number of benzene rings is 4. The summed E-state index contributed by atoms with van der Waals surface area (Å²) in [6, 6.07) is 34.7. The molecule has 300 valence electrons. The zero-order valence-electron chi connectivity index (χ0n) is 32.8. The summed E-state index contributed by atoms with van der Waals surface area (Å²) in [5.41, 5.74) is 3.18. The average molecular weight is 791 g/mol. The highest BCUT2D eigenvalue weighted by Gasteiger charge is 2.45. The van der Waals surface area contributed by atoms with Gasteiger partial charge in [0, 0.05) is 24.6 Å². The molecule has 0 bridgehead atoms. The Bertz CT molecular complexity index is 2350. The minimum absolute atomic E-state index is 0.207. The van der Waals surface area contributed by atoms with Crippen molar-refractivity contribution in [3.63, 3.8) is 0 Å². The molecule has 4 heterocycles. The number of pyridine rings is 1. The summed E-state index contributed by atoms with van der Waals surface area (Å²) in [7, 11) is 0. The third kappa shape index (κ3) is 7.37. The minimum Gasteiger partial charge on any atom is -0.487 e. The van der Waals surface area contributed by atoms with E-state index < -0.39 is 47.8 Å². The lowest BCUT2D eigenvalue weighted by molar-refractivity contribution is -0.155. The number of carbonyl (C=O) groups is 1. The van der Waals surface area contributed by atoms with Crippen molar-refractivity contribution in [3.05, 3.63) is 166 Å². The van der Waals surface area contributed by atoms with E-state index in [1.165, 1.54) is 11.1 Å². The maximum atomic E-state index is 14.6. The highest BCUT2D eigenvalue weighted by molar-refractivity contribution is 5.81. The van der Waals surface area contributed by atoms with Gasteiger partial charge in [-0.2, -0.15) is 13.2 Å². The van der Waals surface area contributed by atoms with Crippen LogP contribution < -0.4 is 10.5 Å². The van der Waals surface area contributed by atoms with E-state index in [2.05, 4.69) is 4.98 Å². The molecule has 0 unspecified atom stereocenters. The summed E-state index contributed by atoms with van der Waals surface area (Å²) in [6.07, 6.45) is -2.89. The van der Waals surface area contributed by atoms with Gasteiger partial charge in [-0.05, 0) is 74.6 Å². The van der Waals surface area contributed by atoms with Gasteiger partial charge < -0.3 is 18.8 Å². The number of halogens is 3. The Kier molecular flexibility index (Phi) is 10.2. The van der Waals surface area contributed by atoms with Crippen molar-refractivity contribution in [2.75, 3.05) is 19.6 Å². The van der Waals surface area contributed by atoms with Crippen molar-refractivity contribution in [1.82, 2.24) is 19.4 Å². The predicted molar refractivity (Wildman–Crippen MR) is 214 cm³/mol. The number of likely N-dealkylation sites (tertiary alicyclic amines) is 1. The third-order valence-electron chi connectivity index (χ3n) is 11.0. The first-order chi connectivity index (χ1) is 27.7. The molecule has 58 heavy (non-hydrogen) atoms. The van der Waals surface area contributed by atoms with Crippen LogP contribution in [0.5, 0.6) is 5.75 Å². The van der Waals surface area contributed by atoms with Crippen LogP contribution >= 0.6 is 0 Å². The normalized spacial score (nSPS) is 18.9. The Morgan fingerprint density at radius 2 is 1.45 bits per heavy atom. The SMILES string of the molecule is C[C@@H]1Cc2c(ccc3c2oc(=O)n3C(c2ccccc2)(c2ccccc2)c2ccccc2)[C@@H](c2ccc(O[C@H]3CCN(C(=O)OC(C)(C)C)C3)cn2)N1CC(F)(F)F. The Morgan fingerprint density at radius 1 is 0.845 bits per heavy atom. The van der Waals surface area contributed by atoms with Crippen LogP contribution in [0, 0.1) is 0 Å². The van der Waals surface area contributed by atoms with Crippen molar-refractivity contribution in [2.45, 2.75) is 76.0 Å². The van der Waals surface area contributed by atoms with Gasteiger partial charge in [0.05, 0.1) is 36.5 Å². The van der Waals surface area contributed by atoms with E-state index in [4.69, 9.17) is 13.9 Å². The van der Waals surface area contributed by atoms with Gasteiger partial charge in [-0.25, -0.2) is 9.59 Å². The smallest absolute Gasteiger partial charge is 0.421 e. The Morgan fingerprint density at radius 3 is 1.98 bits per heavy atom. The number of aromatic nitrogens is 2. The van der Waals surface area contributed by atoms with Gasteiger partial charge in [-0.15, -0.1) is 0 Å². The van der Waals surface area contributed by atoms with Gasteiger partial charge >= 0.3 is 18.0 Å². The summed E-state index contributed by atoms with van der Waals surface area (Å²) in [5.74, 6) is -0.164. The number of ether oxygens (including phenoxy) is 2. The van der Waals surface area contributed by atoms with Crippen LogP contribution in [0.15, 0.2) is 131 Å². The molecule has 12 heteroatoms. The fraction of sp³-hybridized carbons (Fsp3) is 0.326. The molecule has 6 aromatic rings. The van der Waals surface area contributed by atoms with Gasteiger partial charge in [0.1, 0.15) is 23.0 Å². The van der Waals surface area contributed by atoms with E-state index in [1.807, 2.05) is 118 Å². The van der Waals surface area contributed by atoms with E-state index in [0.717, 1.165) is 16.7 Å². The molecule has 1 saturated heterocycles. The van der Waals surface area contributed by atoms with Gasteiger partial charge in [-0.1, -0.05) is 97.1 Å². The molecule has 1 fully saturated rings. The maximum absolute atomic E-state index is 14.6. The van der Waals surface area contributed by atoms with E-state index in [0.29, 0.717) is 53.2 Å². The Balaban J connectivity index is 1.22. The van der Waals surface area contributed by atoms with Crippen LogP contribution in [0.3, 0.4) is 0 Å². The number of hydrogen-bond acceptors (Lipinski definition) is 7. The molecule has 9 nitrogen and oxygen atoms in total. The lowest BCUT2D eigenvalue weighted by atomic mass is 9.76. The number of fused-ring (bicyclic) bond motifs is 3. The monoisotopic (exact) mass is 790 g/mol. The maximum Gasteiger partial charge on any atom is 0.421 e. The summed E-state index contributed by atoms with van der Waals surface area (Å²) in [5, 5.41) is 0. The second-order valence-corrected chi connectivity index (χ2v) is 16.1. The number of rotatable bonds is 8. The molecule has 4 aromatic carbocycles. The number of hydrogen-bond donors (Lipinski definition) is 0. The van der Waals surface area contributed by atoms with E-state index in [9.17, 15) is 22.8 Å². The molecule has 0 spiro atoms. The van der Waals surface area contributed by atoms with Gasteiger partial charge in [-0.3, -0.25) is 14.5 Å². The first-order valence-corrected chi connectivity index (χ1v) is 19.5. The largest absolute Gasteiger partial charge is 0.487 e. The number of oxazole rings is 1. The first-order valence-electron chi connectivity index (χ1n) is 19.5. The van der Waals surface area contributed by atoms with E-state index >= 15 is 0 Å². The Labute approximate surface area is 334 Å². The predicted octanol–water partition coefficient (Wildman–Crippen LogP) is 9.12. The van der Waals surface area contributed by atoms with Gasteiger partial charge in [0.15, 0.2) is 5.58 Å². The number of nitrogens with zero attached hydrogens (tertiary/aromatic N) is 4. The number of carbonyl (C=O) groups excluding carboxylic acids is 1. The number of amides is 1. The minimum atomic E-state index is -4.49. The molecule has 1 amide bonds. The van der Waals surface area contributed by atoms with Crippen LogP contribution in [0.25, 0.3) is 11.1 Å². The van der Waals surface area contributed by atoms with Crippen molar-refractivity contribution >= 4 is 17.2 Å². The van der Waals surface area contributed by atoms with Crippen LogP contribution in [0.4, 0.5) is 18.0 Å². The Hall–Kier alpha value is -5.88. The molecule has 0 aliphatic carbocycles. The molecule has 2 aliphatic heterocycles. The fourth-order valence-electron chi connectivity index (χ4n) is 8.62. The first kappa shape index (κ1) is 39.0. The zero-order chi connectivity index (χ0) is 40.8. The zero-order valence-corrected chi connectivity index (χ0v) is 32.8. The van der Waals surface area contributed by atoms with Crippen LogP contribution in [0.1, 0.15) is 73.7 Å². The molecular formula is C46H45F3N4O5. The topological polar surface area (TPSA) is 90.0 Å². The summed E-state index contributed by atoms with van der Waals surface area (Å²) in [6.45, 7) is 6.84. The van der Waals surface area contributed by atoms with Crippen molar-refractivity contribution < 1.29 is 31.9 Å². The molecule has 3 atom stereocenters. The highest BCUT2D eigenvalue weighted by Crippen LogP contribution is 2.45. The third-order valence-corrected chi connectivity index (χ3v) is 11.0. The van der Waals surface area contributed by atoms with Crippen LogP contribution in [0.2, 0.25) is 0 Å². The molecule has 0 N–H and O–H groups in total. The van der Waals surface area contributed by atoms with E-state index in [1.54, 1.807) is 34.6 Å². The summed E-state index contributed by atoms with van der Waals surface area (Å²) < 4.78 is 62.5. The van der Waals surface area contributed by atoms with Crippen molar-refractivity contribution in [3.8, 4) is 5.75 Å². The standard InChI is InChI=1S/C46H45F3N4O5/c1-30-26-37-36(40(52(30)29-45(47,48)49)38-22-20-34(27-50-38)56-35-24-25-51(28-35)42(54)58-44(2,3)4)21-23-39-41(37)57-43(55)53(39)46(31-14-8-5-9-15-31,32-16-10-6-11-17-32)33-18-12-7-13-19-33/h5-23,27,30,35,40H,24-26,28-29H2,1-4H3/t30-,35+,40+/m1/s1. The molecule has 0 saturated carbocycles. The average Bonchev–Trinajstić information content (AvgIpc) is 3.81. The van der Waals surface area contributed by atoms with E-state index in [-0.39, 0.29) is 12.5 Å². The second kappa shape index (κ2) is 15.1. The molecule has 2 aromatic heterocycles. The van der Waals surface area contributed by atoms with Crippen molar-refractivity contribution in [2.24, 2.45) is 0 Å². The van der Waals surface area contributed by atoms with Crippen molar-refractivity contribution in [1.29, 1.82) is 0 Å². The van der Waals surface area contributed by atoms with Crippen LogP contribution in [-0.4, -0.2) is 69.0 Å². The summed E-state index contributed by atoms with van der Waals surface area (Å²) in [4.78, 5) is 34.9. The quantitative estimate of drug-likeness (QED) is 0.142. The van der Waals surface area contributed by atoms with Crippen LogP contribution in [-0.2, 0) is 16.7 Å². The lowest BCUT2D eigenvalue weighted by Crippen LogP contribution is -2.47. The molecule has 2 aliphatic rings. The number of alkyl halides is 3. The summed E-state index contributed by atoms with van der Waals surface area (Å²) >= 11 is 0.